The van der Waals surface area contributed by atoms with Crippen LogP contribution in [0.3, 0.4) is 0 Å². The highest BCUT2D eigenvalue weighted by Crippen LogP contribution is 2.38. The molecule has 1 aliphatic rings. The van der Waals surface area contributed by atoms with Crippen molar-refractivity contribution in [2.75, 3.05) is 13.1 Å². The van der Waals surface area contributed by atoms with E-state index in [-0.39, 0.29) is 23.9 Å². The molecule has 1 atom stereocenters. The third-order valence-corrected chi connectivity index (χ3v) is 4.78. The van der Waals surface area contributed by atoms with Crippen LogP contribution >= 0.6 is 0 Å². The van der Waals surface area contributed by atoms with Crippen molar-refractivity contribution < 1.29 is 14.7 Å². The molecular weight excluding hydrogens is 268 g/mol. The lowest BCUT2D eigenvalue weighted by Gasteiger charge is -2.37. The summed E-state index contributed by atoms with van der Waals surface area (Å²) >= 11 is 0. The number of nitrogens with one attached hydrogen (secondary N) is 1. The van der Waals surface area contributed by atoms with Gasteiger partial charge in [0.15, 0.2) is 0 Å². The molecule has 1 aliphatic carbocycles. The maximum absolute atomic E-state index is 12.3. The van der Waals surface area contributed by atoms with E-state index in [1.165, 1.54) is 6.42 Å². The zero-order valence-corrected chi connectivity index (χ0v) is 13.7. The molecule has 21 heavy (non-hydrogen) atoms. The van der Waals surface area contributed by atoms with Crippen molar-refractivity contribution in [3.8, 4) is 0 Å². The van der Waals surface area contributed by atoms with Gasteiger partial charge in [-0.2, -0.15) is 0 Å². The van der Waals surface area contributed by atoms with Crippen molar-refractivity contribution in [1.82, 2.24) is 10.2 Å². The summed E-state index contributed by atoms with van der Waals surface area (Å²) in [7, 11) is 0. The standard InChI is InChI=1S/C16H30N2O3/c1-4-13(3)18(5-2)15(21)17-12-16(11-14(19)20)9-7-6-8-10-16/h13H,4-12H2,1-3H3,(H,17,21)(H,19,20). The van der Waals surface area contributed by atoms with Crippen LogP contribution < -0.4 is 5.32 Å². The van der Waals surface area contributed by atoms with Crippen molar-refractivity contribution in [1.29, 1.82) is 0 Å². The van der Waals surface area contributed by atoms with E-state index in [1.54, 1.807) is 0 Å². The molecule has 1 unspecified atom stereocenters. The number of hydrogen-bond donors (Lipinski definition) is 2. The molecule has 5 nitrogen and oxygen atoms in total. The first-order valence-corrected chi connectivity index (χ1v) is 8.20. The Bertz CT molecular complexity index is 351. The monoisotopic (exact) mass is 298 g/mol. The number of nitrogens with zero attached hydrogens (tertiary/aromatic N) is 1. The minimum absolute atomic E-state index is 0.0674. The molecule has 1 saturated carbocycles. The van der Waals surface area contributed by atoms with Gasteiger partial charge in [0, 0.05) is 19.1 Å². The summed E-state index contributed by atoms with van der Waals surface area (Å²) in [6.45, 7) is 7.22. The normalized spacial score (nSPS) is 18.8. The minimum Gasteiger partial charge on any atom is -0.481 e. The van der Waals surface area contributed by atoms with E-state index in [0.29, 0.717) is 13.1 Å². The molecule has 1 fully saturated rings. The van der Waals surface area contributed by atoms with Crippen LogP contribution in [0.5, 0.6) is 0 Å². The Morgan fingerprint density at radius 2 is 1.86 bits per heavy atom. The van der Waals surface area contributed by atoms with E-state index < -0.39 is 5.97 Å². The van der Waals surface area contributed by atoms with Crippen molar-refractivity contribution in [2.24, 2.45) is 5.41 Å². The van der Waals surface area contributed by atoms with E-state index >= 15 is 0 Å². The third kappa shape index (κ3) is 5.21. The fraction of sp³-hybridized carbons (Fsp3) is 0.875. The summed E-state index contributed by atoms with van der Waals surface area (Å²) in [5.41, 5.74) is -0.255. The van der Waals surface area contributed by atoms with Gasteiger partial charge in [-0.15, -0.1) is 0 Å². The van der Waals surface area contributed by atoms with Crippen LogP contribution in [0.15, 0.2) is 0 Å². The van der Waals surface area contributed by atoms with Crippen LogP contribution in [0.1, 0.15) is 65.7 Å². The molecule has 0 aromatic carbocycles. The number of carbonyl (C=O) groups excluding carboxylic acids is 1. The summed E-state index contributed by atoms with van der Waals surface area (Å²) in [4.78, 5) is 25.3. The summed E-state index contributed by atoms with van der Waals surface area (Å²) in [5, 5.41) is 12.1. The Balaban J connectivity index is 2.63. The number of carbonyl (C=O) groups is 2. The van der Waals surface area contributed by atoms with Crippen LogP contribution in [0.25, 0.3) is 0 Å². The number of carboxylic acids is 1. The van der Waals surface area contributed by atoms with Gasteiger partial charge in [-0.1, -0.05) is 26.2 Å². The summed E-state index contributed by atoms with van der Waals surface area (Å²) < 4.78 is 0. The zero-order chi connectivity index (χ0) is 15.9. The molecule has 2 amide bonds. The van der Waals surface area contributed by atoms with Crippen molar-refractivity contribution in [3.63, 3.8) is 0 Å². The Morgan fingerprint density at radius 3 is 2.33 bits per heavy atom. The highest BCUT2D eigenvalue weighted by Gasteiger charge is 2.35. The number of carboxylic acid groups (broad SMARTS) is 1. The highest BCUT2D eigenvalue weighted by molar-refractivity contribution is 5.74. The molecule has 1 rings (SSSR count). The molecule has 0 aromatic heterocycles. The SMILES string of the molecule is CCC(C)N(CC)C(=O)NCC1(CC(=O)O)CCCCC1. The second-order valence-electron chi connectivity index (χ2n) is 6.33. The second-order valence-corrected chi connectivity index (χ2v) is 6.33. The number of hydrogen-bond acceptors (Lipinski definition) is 2. The quantitative estimate of drug-likeness (QED) is 0.758. The molecule has 0 heterocycles. The number of rotatable bonds is 7. The molecule has 0 aromatic rings. The van der Waals surface area contributed by atoms with Crippen LogP contribution in [0.4, 0.5) is 4.79 Å². The Morgan fingerprint density at radius 1 is 1.24 bits per heavy atom. The lowest BCUT2D eigenvalue weighted by Crippen LogP contribution is -2.48. The van der Waals surface area contributed by atoms with Gasteiger partial charge in [-0.3, -0.25) is 4.79 Å². The number of amides is 2. The topological polar surface area (TPSA) is 69.6 Å². The lowest BCUT2D eigenvalue weighted by atomic mass is 9.72. The third-order valence-electron chi connectivity index (χ3n) is 4.78. The second kappa shape index (κ2) is 8.25. The van der Waals surface area contributed by atoms with Gasteiger partial charge in [0.25, 0.3) is 0 Å². The van der Waals surface area contributed by atoms with Crippen molar-refractivity contribution >= 4 is 12.0 Å². The first-order valence-electron chi connectivity index (χ1n) is 8.20. The predicted molar refractivity (Wildman–Crippen MR) is 83.3 cm³/mol. The molecule has 0 bridgehead atoms. The number of urea groups is 1. The Labute approximate surface area is 128 Å². The number of aliphatic carboxylic acids is 1. The minimum atomic E-state index is -0.763. The van der Waals surface area contributed by atoms with Gasteiger partial charge in [-0.25, -0.2) is 4.79 Å². The maximum Gasteiger partial charge on any atom is 0.317 e. The molecule has 2 N–H and O–H groups in total. The average molecular weight is 298 g/mol. The zero-order valence-electron chi connectivity index (χ0n) is 13.7. The molecular formula is C16H30N2O3. The van der Waals surface area contributed by atoms with E-state index in [1.807, 2.05) is 18.7 Å². The van der Waals surface area contributed by atoms with E-state index in [9.17, 15) is 9.59 Å². The maximum atomic E-state index is 12.3. The molecule has 0 radical (unpaired) electrons. The fourth-order valence-corrected chi connectivity index (χ4v) is 3.28. The van der Waals surface area contributed by atoms with E-state index in [4.69, 9.17) is 5.11 Å². The molecule has 0 spiro atoms. The summed E-state index contributed by atoms with van der Waals surface area (Å²) in [6, 6.07) is 0.138. The highest BCUT2D eigenvalue weighted by atomic mass is 16.4. The fourth-order valence-electron chi connectivity index (χ4n) is 3.28. The molecule has 0 aliphatic heterocycles. The van der Waals surface area contributed by atoms with Crippen LogP contribution in [-0.4, -0.2) is 41.1 Å². The first kappa shape index (κ1) is 17.8. The largest absolute Gasteiger partial charge is 0.481 e. The van der Waals surface area contributed by atoms with Gasteiger partial charge in [0.2, 0.25) is 0 Å². The van der Waals surface area contributed by atoms with Crippen LogP contribution in [0, 0.1) is 5.41 Å². The van der Waals surface area contributed by atoms with Gasteiger partial charge in [0.1, 0.15) is 0 Å². The van der Waals surface area contributed by atoms with Gasteiger partial charge >= 0.3 is 12.0 Å². The summed E-state index contributed by atoms with van der Waals surface area (Å²) in [6.07, 6.45) is 6.16. The van der Waals surface area contributed by atoms with Crippen LogP contribution in [-0.2, 0) is 4.79 Å². The van der Waals surface area contributed by atoms with Crippen molar-refractivity contribution in [3.05, 3.63) is 0 Å². The Hall–Kier alpha value is -1.26. The van der Waals surface area contributed by atoms with Crippen molar-refractivity contribution in [2.45, 2.75) is 71.8 Å². The van der Waals surface area contributed by atoms with E-state index in [0.717, 1.165) is 32.1 Å². The van der Waals surface area contributed by atoms with Gasteiger partial charge < -0.3 is 15.3 Å². The molecule has 122 valence electrons. The average Bonchev–Trinajstić information content (AvgIpc) is 2.46. The lowest BCUT2D eigenvalue weighted by molar-refractivity contribution is -0.140. The van der Waals surface area contributed by atoms with E-state index in [2.05, 4.69) is 12.2 Å². The van der Waals surface area contributed by atoms with Crippen LogP contribution in [0.2, 0.25) is 0 Å². The van der Waals surface area contributed by atoms with Gasteiger partial charge in [0.05, 0.1) is 6.42 Å². The molecule has 5 heteroatoms. The smallest absolute Gasteiger partial charge is 0.317 e. The predicted octanol–water partition coefficient (Wildman–Crippen LogP) is 3.24. The first-order chi connectivity index (χ1) is 9.94. The Kier molecular flexibility index (Phi) is 6.99. The molecule has 0 saturated heterocycles. The summed E-state index contributed by atoms with van der Waals surface area (Å²) in [5.74, 6) is -0.763. The van der Waals surface area contributed by atoms with Gasteiger partial charge in [-0.05, 0) is 38.5 Å².